The molecule has 0 aliphatic carbocycles. The molecule has 1 heterocycles. The van der Waals surface area contributed by atoms with E-state index >= 15 is 0 Å². The molecule has 4 heteroatoms. The van der Waals surface area contributed by atoms with Crippen LogP contribution in [-0.2, 0) is 0 Å². The molecule has 0 aliphatic heterocycles. The van der Waals surface area contributed by atoms with E-state index in [9.17, 15) is 0 Å². The predicted molar refractivity (Wildman–Crippen MR) is 79.2 cm³/mol. The molecule has 0 aliphatic rings. The maximum absolute atomic E-state index is 5.98. The number of benzene rings is 1. The molecule has 0 atom stereocenters. The summed E-state index contributed by atoms with van der Waals surface area (Å²) < 4.78 is 0. The number of nitrogen functional groups attached to an aromatic ring is 1. The Morgan fingerprint density at radius 3 is 2.83 bits per heavy atom. The summed E-state index contributed by atoms with van der Waals surface area (Å²) in [4.78, 5) is 4.32. The van der Waals surface area contributed by atoms with Gasteiger partial charge in [-0.1, -0.05) is 24.6 Å². The van der Waals surface area contributed by atoms with Gasteiger partial charge in [-0.05, 0) is 18.9 Å². The molecule has 0 spiro atoms. The van der Waals surface area contributed by atoms with Gasteiger partial charge in [-0.3, -0.25) is 4.98 Å². The van der Waals surface area contributed by atoms with Gasteiger partial charge in [0, 0.05) is 17.8 Å². The summed E-state index contributed by atoms with van der Waals surface area (Å²) in [6.07, 6.45) is 5.02. The molecular weight excluding hydrogens is 246 g/mol. The van der Waals surface area contributed by atoms with Gasteiger partial charge in [-0.2, -0.15) is 0 Å². The molecule has 0 fully saturated rings. The van der Waals surface area contributed by atoms with Crippen molar-refractivity contribution in [3.63, 3.8) is 0 Å². The van der Waals surface area contributed by atoms with Gasteiger partial charge in [-0.15, -0.1) is 11.6 Å². The molecule has 0 unspecified atom stereocenters. The van der Waals surface area contributed by atoms with E-state index in [2.05, 4.69) is 10.3 Å². The van der Waals surface area contributed by atoms with Crippen LogP contribution in [0, 0.1) is 0 Å². The average Bonchev–Trinajstić information content (AvgIpc) is 2.41. The van der Waals surface area contributed by atoms with Crippen LogP contribution in [0.25, 0.3) is 10.9 Å². The Kier molecular flexibility index (Phi) is 4.65. The second kappa shape index (κ2) is 6.45. The minimum atomic E-state index is 0.700. The van der Waals surface area contributed by atoms with Crippen molar-refractivity contribution >= 4 is 33.9 Å². The minimum absolute atomic E-state index is 0.700. The van der Waals surface area contributed by atoms with Crippen molar-refractivity contribution in [2.45, 2.75) is 19.3 Å². The molecule has 1 aromatic heterocycles. The number of rotatable bonds is 6. The minimum Gasteiger partial charge on any atom is -0.396 e. The Morgan fingerprint density at radius 2 is 2.00 bits per heavy atom. The lowest BCUT2D eigenvalue weighted by Crippen LogP contribution is -2.05. The summed E-state index contributed by atoms with van der Waals surface area (Å²) in [5, 5.41) is 4.49. The highest BCUT2D eigenvalue weighted by molar-refractivity contribution is 6.17. The van der Waals surface area contributed by atoms with Crippen molar-refractivity contribution in [3.8, 4) is 0 Å². The van der Waals surface area contributed by atoms with Crippen LogP contribution in [0.3, 0.4) is 0 Å². The fraction of sp³-hybridized carbons (Fsp3) is 0.357. The van der Waals surface area contributed by atoms with Crippen LogP contribution >= 0.6 is 11.6 Å². The lowest BCUT2D eigenvalue weighted by molar-refractivity contribution is 0.748. The van der Waals surface area contributed by atoms with Crippen molar-refractivity contribution in [1.29, 1.82) is 0 Å². The summed E-state index contributed by atoms with van der Waals surface area (Å²) in [6, 6.07) is 8.02. The van der Waals surface area contributed by atoms with Crippen molar-refractivity contribution in [1.82, 2.24) is 4.98 Å². The maximum atomic E-state index is 5.98. The van der Waals surface area contributed by atoms with Gasteiger partial charge < -0.3 is 11.1 Å². The van der Waals surface area contributed by atoms with Crippen LogP contribution in [0.4, 0.5) is 11.4 Å². The highest BCUT2D eigenvalue weighted by Gasteiger charge is 2.05. The number of pyridine rings is 1. The second-order valence-corrected chi connectivity index (χ2v) is 4.66. The summed E-state index contributed by atoms with van der Waals surface area (Å²) in [7, 11) is 0. The first-order valence-corrected chi connectivity index (χ1v) is 6.79. The molecule has 2 rings (SSSR count). The number of alkyl halides is 1. The number of nitrogens with zero attached hydrogens (tertiary/aromatic N) is 1. The smallest absolute Gasteiger partial charge is 0.0743 e. The lowest BCUT2D eigenvalue weighted by atomic mass is 10.1. The summed E-state index contributed by atoms with van der Waals surface area (Å²) in [6.45, 7) is 0.912. The van der Waals surface area contributed by atoms with Gasteiger partial charge in [0.2, 0.25) is 0 Å². The van der Waals surface area contributed by atoms with Gasteiger partial charge in [0.25, 0.3) is 0 Å². The first-order chi connectivity index (χ1) is 8.83. The van der Waals surface area contributed by atoms with E-state index in [1.54, 1.807) is 6.20 Å². The number of aromatic nitrogens is 1. The zero-order chi connectivity index (χ0) is 12.8. The SMILES string of the molecule is Nc1cnc2ccccc2c1NCCCCCCl. The number of hydrogen-bond donors (Lipinski definition) is 2. The number of nitrogens with two attached hydrogens (primary N) is 1. The molecule has 3 N–H and O–H groups in total. The Labute approximate surface area is 112 Å². The predicted octanol–water partition coefficient (Wildman–Crippen LogP) is 3.64. The van der Waals surface area contributed by atoms with Crippen LogP contribution in [0.1, 0.15) is 19.3 Å². The molecular formula is C14H18ClN3. The molecule has 3 nitrogen and oxygen atoms in total. The van der Waals surface area contributed by atoms with Crippen molar-refractivity contribution in [2.24, 2.45) is 0 Å². The fourth-order valence-electron chi connectivity index (χ4n) is 1.96. The van der Waals surface area contributed by atoms with Gasteiger partial charge in [0.15, 0.2) is 0 Å². The van der Waals surface area contributed by atoms with Crippen LogP contribution in [0.2, 0.25) is 0 Å². The van der Waals surface area contributed by atoms with Gasteiger partial charge in [0.05, 0.1) is 23.1 Å². The molecule has 0 radical (unpaired) electrons. The topological polar surface area (TPSA) is 50.9 Å². The van der Waals surface area contributed by atoms with Gasteiger partial charge in [-0.25, -0.2) is 0 Å². The molecule has 0 saturated carbocycles. The highest BCUT2D eigenvalue weighted by Crippen LogP contribution is 2.27. The zero-order valence-electron chi connectivity index (χ0n) is 10.3. The number of fused-ring (bicyclic) bond motifs is 1. The van der Waals surface area contributed by atoms with E-state index < -0.39 is 0 Å². The molecule has 96 valence electrons. The second-order valence-electron chi connectivity index (χ2n) is 4.28. The zero-order valence-corrected chi connectivity index (χ0v) is 11.1. The van der Waals surface area contributed by atoms with Crippen molar-refractivity contribution < 1.29 is 0 Å². The third-order valence-electron chi connectivity index (χ3n) is 2.92. The average molecular weight is 264 g/mol. The van der Waals surface area contributed by atoms with Crippen molar-refractivity contribution in [2.75, 3.05) is 23.5 Å². The first kappa shape index (κ1) is 13.0. The van der Waals surface area contributed by atoms with Gasteiger partial charge in [0.1, 0.15) is 0 Å². The number of halogens is 1. The molecule has 0 bridgehead atoms. The van der Waals surface area contributed by atoms with Crippen LogP contribution < -0.4 is 11.1 Å². The standard InChI is InChI=1S/C14H18ClN3/c15-8-4-1-5-9-17-14-11-6-2-3-7-13(11)18-10-12(14)16/h2-3,6-7,10H,1,4-5,8-9,16H2,(H,17,18). The summed E-state index contributed by atoms with van der Waals surface area (Å²) >= 11 is 5.65. The van der Waals surface area contributed by atoms with Crippen LogP contribution in [-0.4, -0.2) is 17.4 Å². The van der Waals surface area contributed by atoms with E-state index in [-0.39, 0.29) is 0 Å². The number of unbranched alkanes of at least 4 members (excludes halogenated alkanes) is 2. The number of hydrogen-bond acceptors (Lipinski definition) is 3. The Balaban J connectivity index is 2.09. The summed E-state index contributed by atoms with van der Waals surface area (Å²) in [5.74, 6) is 0.736. The quantitative estimate of drug-likeness (QED) is 0.618. The molecule has 1 aromatic carbocycles. The van der Waals surface area contributed by atoms with E-state index in [0.29, 0.717) is 5.69 Å². The highest BCUT2D eigenvalue weighted by atomic mass is 35.5. The molecule has 0 saturated heterocycles. The Morgan fingerprint density at radius 1 is 1.17 bits per heavy atom. The number of para-hydroxylation sites is 1. The Hall–Kier alpha value is -1.48. The monoisotopic (exact) mass is 263 g/mol. The summed E-state index contributed by atoms with van der Waals surface area (Å²) in [5.41, 5.74) is 8.64. The molecule has 2 aromatic rings. The van der Waals surface area contributed by atoms with E-state index in [1.807, 2.05) is 24.3 Å². The molecule has 0 amide bonds. The maximum Gasteiger partial charge on any atom is 0.0743 e. The van der Waals surface area contributed by atoms with Crippen LogP contribution in [0.5, 0.6) is 0 Å². The largest absolute Gasteiger partial charge is 0.396 e. The van der Waals surface area contributed by atoms with Gasteiger partial charge >= 0.3 is 0 Å². The van der Waals surface area contributed by atoms with E-state index in [0.717, 1.165) is 48.3 Å². The third kappa shape index (κ3) is 3.05. The number of anilines is 2. The van der Waals surface area contributed by atoms with Crippen molar-refractivity contribution in [3.05, 3.63) is 30.5 Å². The fourth-order valence-corrected chi connectivity index (χ4v) is 2.15. The third-order valence-corrected chi connectivity index (χ3v) is 3.18. The lowest BCUT2D eigenvalue weighted by Gasteiger charge is -2.11. The molecule has 18 heavy (non-hydrogen) atoms. The number of nitrogens with one attached hydrogen (secondary N) is 1. The van der Waals surface area contributed by atoms with E-state index in [1.165, 1.54) is 0 Å². The Bertz CT molecular complexity index is 513. The normalized spacial score (nSPS) is 10.7. The first-order valence-electron chi connectivity index (χ1n) is 6.26. The van der Waals surface area contributed by atoms with E-state index in [4.69, 9.17) is 17.3 Å². The van der Waals surface area contributed by atoms with Crippen LogP contribution in [0.15, 0.2) is 30.5 Å².